The number of nitrogens with zero attached hydrogens (tertiary/aromatic N) is 4. The fourth-order valence-corrected chi connectivity index (χ4v) is 3.10. The van der Waals surface area contributed by atoms with E-state index in [9.17, 15) is 0 Å². The fourth-order valence-electron chi connectivity index (χ4n) is 3.10. The van der Waals surface area contributed by atoms with Crippen molar-refractivity contribution in [3.63, 3.8) is 0 Å². The molecule has 1 atom stereocenters. The zero-order valence-corrected chi connectivity index (χ0v) is 15.0. The van der Waals surface area contributed by atoms with Gasteiger partial charge in [0.25, 0.3) is 0 Å². The van der Waals surface area contributed by atoms with Crippen LogP contribution in [0.25, 0.3) is 11.0 Å². The first-order valence-electron chi connectivity index (χ1n) is 8.61. The molecule has 0 bridgehead atoms. The summed E-state index contributed by atoms with van der Waals surface area (Å²) in [5.41, 5.74) is 2.36. The molecule has 0 spiro atoms. The molecule has 0 saturated carbocycles. The Morgan fingerprint density at radius 2 is 2.36 bits per heavy atom. The SMILES string of the molecule is C=CN1CCCC1C/N=C(\OC(C)C)c1cc2nn[nH]c2cc1OC. The lowest BCUT2D eigenvalue weighted by Gasteiger charge is -2.21. The molecule has 1 saturated heterocycles. The highest BCUT2D eigenvalue weighted by molar-refractivity contribution is 6.00. The third-order valence-corrected chi connectivity index (χ3v) is 4.33. The predicted octanol–water partition coefficient (Wildman–Crippen LogP) is 2.75. The van der Waals surface area contributed by atoms with Gasteiger partial charge in [0.2, 0.25) is 5.90 Å². The third-order valence-electron chi connectivity index (χ3n) is 4.33. The van der Waals surface area contributed by atoms with E-state index < -0.39 is 0 Å². The van der Waals surface area contributed by atoms with Gasteiger partial charge < -0.3 is 14.4 Å². The number of ether oxygens (including phenoxy) is 2. The molecule has 2 aromatic rings. The van der Waals surface area contributed by atoms with E-state index in [1.165, 1.54) is 6.42 Å². The van der Waals surface area contributed by atoms with Gasteiger partial charge in [0.1, 0.15) is 11.3 Å². The Balaban J connectivity index is 1.94. The molecule has 7 nitrogen and oxygen atoms in total. The number of hydrogen-bond acceptors (Lipinski definition) is 6. The number of benzene rings is 1. The van der Waals surface area contributed by atoms with Crippen LogP contribution in [0.15, 0.2) is 29.9 Å². The Bertz CT molecular complexity index is 768. The lowest BCUT2D eigenvalue weighted by Crippen LogP contribution is -2.27. The summed E-state index contributed by atoms with van der Waals surface area (Å²) >= 11 is 0. The van der Waals surface area contributed by atoms with Crippen LogP contribution in [0.5, 0.6) is 5.75 Å². The van der Waals surface area contributed by atoms with Gasteiger partial charge in [-0.3, -0.25) is 5.10 Å². The van der Waals surface area contributed by atoms with Crippen LogP contribution in [0.1, 0.15) is 32.3 Å². The number of rotatable bonds is 6. The normalized spacial score (nSPS) is 18.2. The molecule has 1 aromatic heterocycles. The predicted molar refractivity (Wildman–Crippen MR) is 98.0 cm³/mol. The van der Waals surface area contributed by atoms with Crippen LogP contribution < -0.4 is 4.74 Å². The fraction of sp³-hybridized carbons (Fsp3) is 0.500. The molecular formula is C18H25N5O2. The van der Waals surface area contributed by atoms with Gasteiger partial charge in [-0.15, -0.1) is 5.10 Å². The van der Waals surface area contributed by atoms with Crippen LogP contribution in [0.3, 0.4) is 0 Å². The molecule has 7 heteroatoms. The van der Waals surface area contributed by atoms with E-state index in [0.29, 0.717) is 24.2 Å². The number of aliphatic imine (C=N–C) groups is 1. The molecule has 134 valence electrons. The van der Waals surface area contributed by atoms with Gasteiger partial charge in [-0.2, -0.15) is 0 Å². The first-order valence-corrected chi connectivity index (χ1v) is 8.61. The highest BCUT2D eigenvalue weighted by atomic mass is 16.5. The van der Waals surface area contributed by atoms with Crippen molar-refractivity contribution < 1.29 is 9.47 Å². The molecule has 1 aliphatic heterocycles. The monoisotopic (exact) mass is 343 g/mol. The molecule has 2 heterocycles. The van der Waals surface area contributed by atoms with Crippen molar-refractivity contribution in [3.8, 4) is 5.75 Å². The number of aromatic nitrogens is 3. The van der Waals surface area contributed by atoms with Crippen molar-refractivity contribution in [1.82, 2.24) is 20.3 Å². The average molecular weight is 343 g/mol. The molecule has 0 aliphatic carbocycles. The Hall–Kier alpha value is -2.57. The van der Waals surface area contributed by atoms with Gasteiger partial charge in [-0.05, 0) is 39.0 Å². The minimum absolute atomic E-state index is 0.00977. The number of H-pyrrole nitrogens is 1. The van der Waals surface area contributed by atoms with Gasteiger partial charge >= 0.3 is 0 Å². The molecule has 1 aliphatic rings. The summed E-state index contributed by atoms with van der Waals surface area (Å²) in [6.45, 7) is 9.57. The first-order chi connectivity index (χ1) is 12.1. The average Bonchev–Trinajstić information content (AvgIpc) is 3.25. The summed E-state index contributed by atoms with van der Waals surface area (Å²) in [5.74, 6) is 1.26. The van der Waals surface area contributed by atoms with Crippen molar-refractivity contribution in [2.75, 3.05) is 20.2 Å². The summed E-state index contributed by atoms with van der Waals surface area (Å²) in [6, 6.07) is 4.14. The van der Waals surface area contributed by atoms with Crippen LogP contribution in [0.4, 0.5) is 0 Å². The molecule has 1 unspecified atom stereocenters. The number of fused-ring (bicyclic) bond motifs is 1. The van der Waals surface area contributed by atoms with Gasteiger partial charge in [0.05, 0.1) is 30.8 Å². The molecule has 1 aromatic carbocycles. The Labute approximate surface area is 147 Å². The Morgan fingerprint density at radius 3 is 3.08 bits per heavy atom. The van der Waals surface area contributed by atoms with Crippen molar-refractivity contribution in [2.45, 2.75) is 38.8 Å². The largest absolute Gasteiger partial charge is 0.496 e. The van der Waals surface area contributed by atoms with Crippen LogP contribution in [-0.2, 0) is 4.74 Å². The maximum atomic E-state index is 6.00. The van der Waals surface area contributed by atoms with Gasteiger partial charge in [0, 0.05) is 18.7 Å². The molecule has 25 heavy (non-hydrogen) atoms. The van der Waals surface area contributed by atoms with Crippen LogP contribution in [-0.4, -0.2) is 58.6 Å². The second kappa shape index (κ2) is 7.55. The minimum atomic E-state index is 0.00977. The van der Waals surface area contributed by atoms with Crippen LogP contribution in [0, 0.1) is 0 Å². The van der Waals surface area contributed by atoms with Crippen LogP contribution in [0.2, 0.25) is 0 Å². The standard InChI is InChI=1S/C18H25N5O2/c1-5-23-8-6-7-13(23)11-19-18(25-12(2)3)14-9-15-16(21-22-20-15)10-17(14)24-4/h5,9-10,12-13H,1,6-8,11H2,2-4H3,(H,20,21,22)/b19-18-. The van der Waals surface area contributed by atoms with Crippen LogP contribution >= 0.6 is 0 Å². The van der Waals surface area contributed by atoms with E-state index in [2.05, 4.69) is 26.9 Å². The molecule has 0 radical (unpaired) electrons. The van der Waals surface area contributed by atoms with Gasteiger partial charge in [-0.25, -0.2) is 4.99 Å². The molecular weight excluding hydrogens is 318 g/mol. The summed E-state index contributed by atoms with van der Waals surface area (Å²) in [5, 5.41) is 10.8. The Kier molecular flexibility index (Phi) is 5.21. The smallest absolute Gasteiger partial charge is 0.220 e. The van der Waals surface area contributed by atoms with Gasteiger partial charge in [-0.1, -0.05) is 11.8 Å². The summed E-state index contributed by atoms with van der Waals surface area (Å²) in [6.07, 6.45) is 4.19. The van der Waals surface area contributed by atoms with Crippen molar-refractivity contribution in [1.29, 1.82) is 0 Å². The van der Waals surface area contributed by atoms with E-state index in [1.54, 1.807) is 7.11 Å². The van der Waals surface area contributed by atoms with E-state index >= 15 is 0 Å². The number of likely N-dealkylation sites (tertiary alicyclic amines) is 1. The number of hydrogen-bond donors (Lipinski definition) is 1. The first kappa shape index (κ1) is 17.3. The molecule has 3 rings (SSSR count). The lowest BCUT2D eigenvalue weighted by atomic mass is 10.1. The molecule has 0 amide bonds. The number of methoxy groups -OCH3 is 1. The quantitative estimate of drug-likeness (QED) is 0.645. The summed E-state index contributed by atoms with van der Waals surface area (Å²) in [7, 11) is 1.64. The summed E-state index contributed by atoms with van der Waals surface area (Å²) in [4.78, 5) is 7.03. The summed E-state index contributed by atoms with van der Waals surface area (Å²) < 4.78 is 11.5. The highest BCUT2D eigenvalue weighted by Gasteiger charge is 2.22. The molecule has 1 N–H and O–H groups in total. The van der Waals surface area contributed by atoms with Crippen molar-refractivity contribution >= 4 is 16.9 Å². The van der Waals surface area contributed by atoms with E-state index in [-0.39, 0.29) is 6.10 Å². The number of aromatic amines is 1. The van der Waals surface area contributed by atoms with E-state index in [1.807, 2.05) is 32.2 Å². The van der Waals surface area contributed by atoms with E-state index in [0.717, 1.165) is 29.6 Å². The maximum Gasteiger partial charge on any atom is 0.220 e. The second-order valence-corrected chi connectivity index (χ2v) is 6.41. The third kappa shape index (κ3) is 3.75. The van der Waals surface area contributed by atoms with Crippen molar-refractivity contribution in [3.05, 3.63) is 30.5 Å². The number of nitrogens with one attached hydrogen (secondary N) is 1. The van der Waals surface area contributed by atoms with Crippen molar-refractivity contribution in [2.24, 2.45) is 4.99 Å². The topological polar surface area (TPSA) is 75.6 Å². The molecule has 1 fully saturated rings. The minimum Gasteiger partial charge on any atom is -0.496 e. The second-order valence-electron chi connectivity index (χ2n) is 6.41. The zero-order valence-electron chi connectivity index (χ0n) is 15.0. The van der Waals surface area contributed by atoms with Gasteiger partial charge in [0.15, 0.2) is 0 Å². The highest BCUT2D eigenvalue weighted by Crippen LogP contribution is 2.26. The Morgan fingerprint density at radius 1 is 1.52 bits per heavy atom. The maximum absolute atomic E-state index is 6.00. The lowest BCUT2D eigenvalue weighted by molar-refractivity contribution is 0.226. The zero-order chi connectivity index (χ0) is 17.8. The van der Waals surface area contributed by atoms with E-state index in [4.69, 9.17) is 14.5 Å².